The van der Waals surface area contributed by atoms with Crippen LogP contribution in [0.1, 0.15) is 51.1 Å². The van der Waals surface area contributed by atoms with Crippen LogP contribution < -0.4 is 4.90 Å². The van der Waals surface area contributed by atoms with Gasteiger partial charge >= 0.3 is 5.97 Å². The first-order valence-electron chi connectivity index (χ1n) is 11.3. The average Bonchev–Trinajstić information content (AvgIpc) is 3.31. The molecule has 7 nitrogen and oxygen atoms in total. The van der Waals surface area contributed by atoms with E-state index < -0.39 is 9.71 Å². The highest BCUT2D eigenvalue weighted by molar-refractivity contribution is 8.01. The monoisotopic (exact) mass is 478 g/mol. The maximum atomic E-state index is 13.6. The lowest BCUT2D eigenvalue weighted by molar-refractivity contribution is -0.149. The van der Waals surface area contributed by atoms with Gasteiger partial charge in [-0.1, -0.05) is 6.08 Å². The molecule has 1 aliphatic carbocycles. The highest BCUT2D eigenvalue weighted by atomic mass is 32.2. The Balaban J connectivity index is 0.00000289. The van der Waals surface area contributed by atoms with Crippen LogP contribution in [-0.2, 0) is 19.2 Å². The predicted molar refractivity (Wildman–Crippen MR) is 135 cm³/mol. The lowest BCUT2D eigenvalue weighted by atomic mass is 10.0. The third-order valence-electron chi connectivity index (χ3n) is 6.33. The maximum absolute atomic E-state index is 13.6. The van der Waals surface area contributed by atoms with Crippen LogP contribution in [0.2, 0.25) is 0 Å². The topological polar surface area (TPSA) is 75.6 Å². The van der Waals surface area contributed by atoms with E-state index in [2.05, 4.69) is 21.0 Å². The van der Waals surface area contributed by atoms with E-state index in [-0.39, 0.29) is 25.4 Å². The number of carbonyl (C=O) groups excluding carboxylic acids is 1. The average molecular weight is 479 g/mol. The fourth-order valence-corrected chi connectivity index (χ4v) is 6.35. The molecule has 2 atom stereocenters. The first kappa shape index (κ1) is 24.8. The van der Waals surface area contributed by atoms with Crippen molar-refractivity contribution in [3.63, 3.8) is 0 Å². The Kier molecular flexibility index (Phi) is 8.41. The van der Waals surface area contributed by atoms with Gasteiger partial charge in [0.2, 0.25) is 0 Å². The summed E-state index contributed by atoms with van der Waals surface area (Å²) in [5.74, 6) is 4.56. The second kappa shape index (κ2) is 10.9. The van der Waals surface area contributed by atoms with Crippen LogP contribution in [0.25, 0.3) is 5.57 Å². The standard InChI is InChI=1S/C23H32N4O3S.H2S/c1-3-30-23(28)19-8-7-15-27(17-19)31(2,29)20-10-9-18(16-20)21-11-12-22(25-24-21)26-13-5-4-6-14-26;/h9-12,19H,2-8,13-17H2,1H3;1H2. The molecule has 2 unspecified atom stereocenters. The van der Waals surface area contributed by atoms with E-state index >= 15 is 0 Å². The minimum atomic E-state index is -2.63. The smallest absolute Gasteiger partial charge is 0.310 e. The Bertz CT molecular complexity index is 967. The lowest BCUT2D eigenvalue weighted by Gasteiger charge is -2.34. The van der Waals surface area contributed by atoms with Crippen molar-refractivity contribution in [2.75, 3.05) is 37.7 Å². The first-order chi connectivity index (χ1) is 15.0. The molecule has 3 aliphatic rings. The summed E-state index contributed by atoms with van der Waals surface area (Å²) in [6.07, 6.45) is 9.68. The molecule has 32 heavy (non-hydrogen) atoms. The summed E-state index contributed by atoms with van der Waals surface area (Å²) < 4.78 is 20.7. The summed E-state index contributed by atoms with van der Waals surface area (Å²) in [7, 11) is -2.63. The molecule has 1 aromatic rings. The SMILES string of the molecule is C=S(=O)(C1=CC=C(c2ccc(N3CCCCC3)nn2)C1)N1CCCC(C(=O)OCC)C1.S. The zero-order valence-electron chi connectivity index (χ0n) is 18.8. The molecule has 0 spiro atoms. The number of carbonyl (C=O) groups is 1. The normalized spacial score (nSPS) is 23.5. The molecule has 0 bridgehead atoms. The second-order valence-electron chi connectivity index (χ2n) is 8.45. The van der Waals surface area contributed by atoms with Gasteiger partial charge in [0.1, 0.15) is 0 Å². The first-order valence-corrected chi connectivity index (χ1v) is 12.9. The van der Waals surface area contributed by atoms with E-state index in [1.165, 1.54) is 19.3 Å². The summed E-state index contributed by atoms with van der Waals surface area (Å²) in [4.78, 5) is 15.2. The molecule has 0 amide bonds. The number of hydrogen-bond acceptors (Lipinski definition) is 6. The molecular weight excluding hydrogens is 444 g/mol. The Morgan fingerprint density at radius 2 is 1.94 bits per heavy atom. The van der Waals surface area contributed by atoms with E-state index in [0.29, 0.717) is 26.1 Å². The summed E-state index contributed by atoms with van der Waals surface area (Å²) in [5.41, 5.74) is 1.81. The van der Waals surface area contributed by atoms with E-state index in [1.54, 1.807) is 0 Å². The Morgan fingerprint density at radius 3 is 2.62 bits per heavy atom. The van der Waals surface area contributed by atoms with Crippen molar-refractivity contribution in [3.8, 4) is 0 Å². The lowest BCUT2D eigenvalue weighted by Crippen LogP contribution is -2.43. The number of esters is 1. The summed E-state index contributed by atoms with van der Waals surface area (Å²) in [6, 6.07) is 4.03. The molecule has 0 radical (unpaired) electrons. The molecule has 2 aliphatic heterocycles. The van der Waals surface area contributed by atoms with E-state index in [0.717, 1.165) is 47.9 Å². The Labute approximate surface area is 198 Å². The van der Waals surface area contributed by atoms with Gasteiger partial charge in [-0.25, -0.2) is 8.51 Å². The number of anilines is 1. The van der Waals surface area contributed by atoms with Crippen molar-refractivity contribution < 1.29 is 13.7 Å². The quantitative estimate of drug-likeness (QED) is 0.462. The van der Waals surface area contributed by atoms with Crippen LogP contribution in [0.5, 0.6) is 0 Å². The Morgan fingerprint density at radius 1 is 1.16 bits per heavy atom. The predicted octanol–water partition coefficient (Wildman–Crippen LogP) is 3.16. The van der Waals surface area contributed by atoms with Crippen LogP contribution in [0.15, 0.2) is 29.2 Å². The molecule has 0 saturated carbocycles. The van der Waals surface area contributed by atoms with Crippen LogP contribution in [0, 0.1) is 5.92 Å². The maximum Gasteiger partial charge on any atom is 0.310 e. The zero-order chi connectivity index (χ0) is 21.8. The largest absolute Gasteiger partial charge is 0.466 e. The highest BCUT2D eigenvalue weighted by Gasteiger charge is 2.33. The molecule has 176 valence electrons. The van der Waals surface area contributed by atoms with Gasteiger partial charge < -0.3 is 9.64 Å². The summed E-state index contributed by atoms with van der Waals surface area (Å²) >= 11 is 0. The van der Waals surface area contributed by atoms with Gasteiger partial charge in [0.05, 0.1) is 27.9 Å². The molecule has 0 aromatic carbocycles. The minimum absolute atomic E-state index is 0. The third-order valence-corrected chi connectivity index (χ3v) is 8.59. The molecular formula is C23H34N4O3S2. The van der Waals surface area contributed by atoms with Crippen molar-refractivity contribution >= 4 is 46.4 Å². The summed E-state index contributed by atoms with van der Waals surface area (Å²) in [5, 5.41) is 8.87. The van der Waals surface area contributed by atoms with Crippen molar-refractivity contribution in [3.05, 3.63) is 34.9 Å². The fraction of sp³-hybridized carbons (Fsp3) is 0.565. The van der Waals surface area contributed by atoms with E-state index in [9.17, 15) is 9.00 Å². The fourth-order valence-electron chi connectivity index (χ4n) is 4.51. The van der Waals surface area contributed by atoms with Gasteiger partial charge in [0.15, 0.2) is 5.82 Å². The zero-order valence-corrected chi connectivity index (χ0v) is 20.6. The van der Waals surface area contributed by atoms with Crippen molar-refractivity contribution in [1.82, 2.24) is 14.5 Å². The third kappa shape index (κ3) is 5.38. The van der Waals surface area contributed by atoms with Gasteiger partial charge in [-0.05, 0) is 68.7 Å². The van der Waals surface area contributed by atoms with Gasteiger partial charge in [0, 0.05) is 37.5 Å². The molecule has 2 fully saturated rings. The molecule has 2 saturated heterocycles. The molecule has 1 aromatic heterocycles. The van der Waals surface area contributed by atoms with Crippen LogP contribution in [-0.4, -0.2) is 63.3 Å². The minimum Gasteiger partial charge on any atom is -0.466 e. The number of rotatable bonds is 6. The van der Waals surface area contributed by atoms with Crippen molar-refractivity contribution in [2.45, 2.75) is 45.4 Å². The van der Waals surface area contributed by atoms with E-state index in [1.807, 2.05) is 35.5 Å². The molecule has 4 rings (SSSR count). The molecule has 0 N–H and O–H groups in total. The number of hydrogen-bond donors (Lipinski definition) is 0. The number of allylic oxidation sites excluding steroid dienone is 4. The molecule has 3 heterocycles. The van der Waals surface area contributed by atoms with Gasteiger partial charge in [0.25, 0.3) is 0 Å². The van der Waals surface area contributed by atoms with Crippen molar-refractivity contribution in [2.24, 2.45) is 5.92 Å². The highest BCUT2D eigenvalue weighted by Crippen LogP contribution is 2.33. The van der Waals surface area contributed by atoms with Gasteiger partial charge in [-0.3, -0.25) is 4.79 Å². The number of aromatic nitrogens is 2. The van der Waals surface area contributed by atoms with Crippen LogP contribution in [0.3, 0.4) is 0 Å². The number of nitrogens with zero attached hydrogens (tertiary/aromatic N) is 4. The number of ether oxygens (including phenoxy) is 1. The van der Waals surface area contributed by atoms with Gasteiger partial charge in [-0.2, -0.15) is 13.5 Å². The second-order valence-corrected chi connectivity index (χ2v) is 10.8. The Hall–Kier alpha value is -1.84. The van der Waals surface area contributed by atoms with Gasteiger partial charge in [-0.15, -0.1) is 10.2 Å². The molecule has 9 heteroatoms. The number of piperidine rings is 2. The van der Waals surface area contributed by atoms with Crippen molar-refractivity contribution in [1.29, 1.82) is 0 Å². The van der Waals surface area contributed by atoms with Crippen LogP contribution >= 0.6 is 13.5 Å². The van der Waals surface area contributed by atoms with Crippen LogP contribution in [0.4, 0.5) is 5.82 Å². The van der Waals surface area contributed by atoms with E-state index in [4.69, 9.17) is 4.74 Å². The summed E-state index contributed by atoms with van der Waals surface area (Å²) in [6.45, 7) is 5.35.